The van der Waals surface area contributed by atoms with Crippen LogP contribution in [0.3, 0.4) is 0 Å². The Morgan fingerprint density at radius 1 is 1.00 bits per heavy atom. The highest BCUT2D eigenvalue weighted by molar-refractivity contribution is 6.99. The third kappa shape index (κ3) is 6.30. The van der Waals surface area contributed by atoms with Gasteiger partial charge in [-0.25, -0.2) is 9.18 Å². The largest absolute Gasteiger partial charge is 0.463 e. The molecule has 7 heteroatoms. The van der Waals surface area contributed by atoms with Gasteiger partial charge in [-0.1, -0.05) is 99.6 Å². The fraction of sp³-hybridized carbons (Fsp3) is 0.400. The number of carbonyl (C=O) groups excluding carboxylic acids is 1. The fourth-order valence-electron chi connectivity index (χ4n) is 6.85. The summed E-state index contributed by atoms with van der Waals surface area (Å²) < 4.78 is 26.2. The van der Waals surface area contributed by atoms with E-state index in [2.05, 4.69) is 45.0 Å². The Morgan fingerprint density at radius 2 is 1.57 bits per heavy atom. The average Bonchev–Trinajstić information content (AvgIpc) is 3.25. The molecule has 0 heterocycles. The maximum atomic E-state index is 13.9. The van der Waals surface area contributed by atoms with Crippen molar-refractivity contribution in [1.29, 1.82) is 0 Å². The van der Waals surface area contributed by atoms with Gasteiger partial charge in [0.25, 0.3) is 8.32 Å². The molecule has 0 aliphatic heterocycles. The van der Waals surface area contributed by atoms with Gasteiger partial charge in [0, 0.05) is 24.0 Å². The lowest BCUT2D eigenvalue weighted by molar-refractivity contribution is -0.137. The second kappa shape index (κ2) is 13.5. The Balaban J connectivity index is 1.77. The molecule has 5 nitrogen and oxygen atoms in total. The van der Waals surface area contributed by atoms with Gasteiger partial charge < -0.3 is 19.4 Å². The first-order valence-electron chi connectivity index (χ1n) is 14.7. The van der Waals surface area contributed by atoms with E-state index in [0.717, 1.165) is 15.9 Å². The molecule has 1 saturated carbocycles. The van der Waals surface area contributed by atoms with Gasteiger partial charge in [0.15, 0.2) is 0 Å². The van der Waals surface area contributed by atoms with Crippen LogP contribution in [-0.2, 0) is 19.4 Å². The van der Waals surface area contributed by atoms with Gasteiger partial charge in [-0.05, 0) is 58.8 Å². The summed E-state index contributed by atoms with van der Waals surface area (Å²) >= 11 is 0. The van der Waals surface area contributed by atoms with Crippen LogP contribution in [0, 0.1) is 17.7 Å². The maximum absolute atomic E-state index is 13.9. The summed E-state index contributed by atoms with van der Waals surface area (Å²) in [5, 5.41) is 24.5. The third-order valence-corrected chi connectivity index (χ3v) is 13.8. The van der Waals surface area contributed by atoms with Crippen LogP contribution in [0.4, 0.5) is 4.39 Å². The average molecular weight is 591 g/mol. The van der Waals surface area contributed by atoms with E-state index in [9.17, 15) is 19.4 Å². The monoisotopic (exact) mass is 590 g/mol. The fourth-order valence-corrected chi connectivity index (χ4v) is 11.5. The van der Waals surface area contributed by atoms with E-state index in [0.29, 0.717) is 12.8 Å². The Morgan fingerprint density at radius 3 is 2.07 bits per heavy atom. The van der Waals surface area contributed by atoms with E-state index < -0.39 is 25.8 Å². The number of halogens is 1. The molecular weight excluding hydrogens is 547 g/mol. The van der Waals surface area contributed by atoms with Crippen molar-refractivity contribution < 1.29 is 28.6 Å². The summed E-state index contributed by atoms with van der Waals surface area (Å²) in [6.45, 7) is 8.68. The van der Waals surface area contributed by atoms with E-state index in [-0.39, 0.29) is 42.5 Å². The summed E-state index contributed by atoms with van der Waals surface area (Å²) in [6, 6.07) is 26.8. The molecule has 0 saturated heterocycles. The third-order valence-electron chi connectivity index (χ3n) is 8.84. The van der Waals surface area contributed by atoms with E-state index in [1.165, 1.54) is 18.2 Å². The van der Waals surface area contributed by atoms with Crippen molar-refractivity contribution in [3.63, 3.8) is 0 Å². The summed E-state index contributed by atoms with van der Waals surface area (Å²) in [7, 11) is -2.89. The number of ether oxygens (including phenoxy) is 1. The summed E-state index contributed by atoms with van der Waals surface area (Å²) in [5.74, 6) is -1.44. The quantitative estimate of drug-likeness (QED) is 0.184. The summed E-state index contributed by atoms with van der Waals surface area (Å²) in [4.78, 5) is 12.1. The van der Waals surface area contributed by atoms with Gasteiger partial charge in [0.05, 0.1) is 19.3 Å². The van der Waals surface area contributed by atoms with Crippen LogP contribution < -0.4 is 10.4 Å². The van der Waals surface area contributed by atoms with Crippen LogP contribution >= 0.6 is 0 Å². The van der Waals surface area contributed by atoms with Crippen molar-refractivity contribution >= 4 is 24.7 Å². The molecule has 0 amide bonds. The minimum Gasteiger partial charge on any atom is -0.463 e. The molecule has 0 radical (unpaired) electrons. The summed E-state index contributed by atoms with van der Waals surface area (Å²) in [6.07, 6.45) is 3.08. The number of benzene rings is 3. The van der Waals surface area contributed by atoms with Crippen molar-refractivity contribution in [2.75, 3.05) is 19.8 Å². The molecule has 0 aromatic heterocycles. The van der Waals surface area contributed by atoms with Crippen molar-refractivity contribution in [3.8, 4) is 0 Å². The van der Waals surface area contributed by atoms with E-state index >= 15 is 0 Å². The molecule has 4 rings (SSSR count). The molecule has 42 heavy (non-hydrogen) atoms. The van der Waals surface area contributed by atoms with Gasteiger partial charge in [0.2, 0.25) is 0 Å². The number of carbonyl (C=O) groups is 1. The Labute approximate surface area is 250 Å². The van der Waals surface area contributed by atoms with Gasteiger partial charge in [-0.2, -0.15) is 0 Å². The molecule has 4 atom stereocenters. The number of esters is 1. The molecule has 1 aliphatic rings. The topological polar surface area (TPSA) is 76.0 Å². The van der Waals surface area contributed by atoms with Gasteiger partial charge in [-0.3, -0.25) is 0 Å². The molecule has 0 spiro atoms. The molecule has 4 unspecified atom stereocenters. The molecular formula is C35H43FO5Si. The van der Waals surface area contributed by atoms with Gasteiger partial charge >= 0.3 is 5.97 Å². The van der Waals surface area contributed by atoms with Crippen LogP contribution in [0.1, 0.15) is 46.1 Å². The molecule has 1 aliphatic carbocycles. The second-order valence-corrected chi connectivity index (χ2v) is 16.5. The van der Waals surface area contributed by atoms with Crippen molar-refractivity contribution in [1.82, 2.24) is 0 Å². The molecule has 2 N–H and O–H groups in total. The van der Waals surface area contributed by atoms with Crippen molar-refractivity contribution in [2.45, 2.75) is 57.1 Å². The highest BCUT2D eigenvalue weighted by Gasteiger charge is 2.56. The lowest BCUT2D eigenvalue weighted by atomic mass is 9.69. The lowest BCUT2D eigenvalue weighted by Gasteiger charge is -2.44. The SMILES string of the molecule is CCOC(=O)/C=C\CC1C(CO[Si](c2ccccc2)(c2ccccc2)C(C)(C)C)C(O)CC1(CO)c1ccc(F)cc1. The van der Waals surface area contributed by atoms with E-state index in [1.54, 1.807) is 25.1 Å². The molecule has 3 aromatic carbocycles. The van der Waals surface area contributed by atoms with Crippen LogP contribution in [0.2, 0.25) is 5.04 Å². The highest BCUT2D eigenvalue weighted by atomic mass is 28.4. The predicted octanol–water partition coefficient (Wildman–Crippen LogP) is 5.14. The Kier molecular flexibility index (Phi) is 10.2. The highest BCUT2D eigenvalue weighted by Crippen LogP contribution is 2.51. The first-order chi connectivity index (χ1) is 20.1. The first-order valence-corrected chi connectivity index (χ1v) is 16.6. The number of hydrogen-bond donors (Lipinski definition) is 2. The Bertz CT molecular complexity index is 1280. The number of aliphatic hydroxyl groups is 2. The minimum atomic E-state index is -2.89. The molecule has 0 bridgehead atoms. The molecule has 3 aromatic rings. The predicted molar refractivity (Wildman–Crippen MR) is 167 cm³/mol. The van der Waals surface area contributed by atoms with Crippen LogP contribution in [0.5, 0.6) is 0 Å². The second-order valence-electron chi connectivity index (χ2n) is 12.2. The summed E-state index contributed by atoms with van der Waals surface area (Å²) in [5.41, 5.74) is -0.0843. The zero-order valence-electron chi connectivity index (χ0n) is 25.0. The van der Waals surface area contributed by atoms with Crippen LogP contribution in [-0.4, -0.2) is 50.4 Å². The van der Waals surface area contributed by atoms with Crippen LogP contribution in [0.25, 0.3) is 0 Å². The number of rotatable bonds is 11. The zero-order chi connectivity index (χ0) is 30.4. The zero-order valence-corrected chi connectivity index (χ0v) is 26.0. The maximum Gasteiger partial charge on any atom is 0.330 e. The lowest BCUT2D eigenvalue weighted by Crippen LogP contribution is -2.67. The minimum absolute atomic E-state index is 0.233. The van der Waals surface area contributed by atoms with E-state index in [4.69, 9.17) is 9.16 Å². The van der Waals surface area contributed by atoms with Crippen LogP contribution in [0.15, 0.2) is 97.1 Å². The number of allylic oxidation sites excluding steroid dienone is 1. The Hall–Kier alpha value is -3.10. The van der Waals surface area contributed by atoms with E-state index in [1.807, 2.05) is 36.4 Å². The number of hydrogen-bond acceptors (Lipinski definition) is 5. The molecule has 224 valence electrons. The van der Waals surface area contributed by atoms with Crippen molar-refractivity contribution in [2.24, 2.45) is 11.8 Å². The normalized spacial score (nSPS) is 22.9. The first kappa shape index (κ1) is 31.8. The van der Waals surface area contributed by atoms with Gasteiger partial charge in [0.1, 0.15) is 5.82 Å². The smallest absolute Gasteiger partial charge is 0.330 e. The standard InChI is InChI=1S/C35H43FO5Si/c1-5-40-33(39)18-12-17-31-30(32(38)23-35(31,25-37)26-19-21-27(36)22-20-26)24-41-42(34(2,3)4,28-13-8-6-9-14-28)29-15-10-7-11-16-29/h6-16,18-22,30-32,37-38H,5,17,23-25H2,1-4H3/b18-12-. The molecule has 1 fully saturated rings. The number of aliphatic hydroxyl groups excluding tert-OH is 2. The van der Waals surface area contributed by atoms with Crippen molar-refractivity contribution in [3.05, 3.63) is 108 Å². The van der Waals surface area contributed by atoms with Gasteiger partial charge in [-0.15, -0.1) is 0 Å².